The number of hydrogen-bond acceptors (Lipinski definition) is 3. The van der Waals surface area contributed by atoms with Crippen molar-refractivity contribution >= 4 is 11.7 Å². The molecule has 0 heterocycles. The van der Waals surface area contributed by atoms with Gasteiger partial charge in [0.2, 0.25) is 5.78 Å². The van der Waals surface area contributed by atoms with Gasteiger partial charge in [-0.1, -0.05) is 6.58 Å². The molecule has 0 fully saturated rings. The zero-order valence-corrected chi connectivity index (χ0v) is 7.33. The quantitative estimate of drug-likeness (QED) is 0.353. The molecule has 0 aliphatic rings. The normalized spacial score (nSPS) is 12.3. The predicted molar refractivity (Wildman–Crippen MR) is 46.2 cm³/mol. The minimum absolute atomic E-state index is 0.401. The SMILES string of the molecule is [CH2]C(NC(=O)C(=O)C=C)N(C)C. The van der Waals surface area contributed by atoms with Gasteiger partial charge in [-0.2, -0.15) is 0 Å². The molecule has 1 N–H and O–H groups in total. The van der Waals surface area contributed by atoms with Gasteiger partial charge in [-0.05, 0) is 27.1 Å². The lowest BCUT2D eigenvalue weighted by molar-refractivity contribution is -0.136. The van der Waals surface area contributed by atoms with Crippen LogP contribution in [0.25, 0.3) is 0 Å². The molecule has 0 aromatic heterocycles. The Morgan fingerprint density at radius 1 is 1.50 bits per heavy atom. The molecule has 0 aliphatic carbocycles. The average Bonchev–Trinajstić information content (AvgIpc) is 2.02. The summed E-state index contributed by atoms with van der Waals surface area (Å²) in [5.41, 5.74) is 0. The molecule has 0 rings (SSSR count). The van der Waals surface area contributed by atoms with Crippen LogP contribution in [0.15, 0.2) is 12.7 Å². The third-order valence-electron chi connectivity index (χ3n) is 1.33. The van der Waals surface area contributed by atoms with E-state index < -0.39 is 17.9 Å². The summed E-state index contributed by atoms with van der Waals surface area (Å²) < 4.78 is 0. The van der Waals surface area contributed by atoms with E-state index >= 15 is 0 Å². The van der Waals surface area contributed by atoms with E-state index in [2.05, 4.69) is 18.8 Å². The van der Waals surface area contributed by atoms with E-state index in [1.165, 1.54) is 0 Å². The molecule has 0 spiro atoms. The van der Waals surface area contributed by atoms with Crippen LogP contribution in [0, 0.1) is 6.92 Å². The maximum atomic E-state index is 10.9. The molecule has 1 atom stereocenters. The monoisotopic (exact) mass is 169 g/mol. The number of amides is 1. The van der Waals surface area contributed by atoms with Gasteiger partial charge in [-0.25, -0.2) is 0 Å². The highest BCUT2D eigenvalue weighted by Gasteiger charge is 2.13. The topological polar surface area (TPSA) is 49.4 Å². The summed E-state index contributed by atoms with van der Waals surface area (Å²) in [6.07, 6.45) is 0.568. The van der Waals surface area contributed by atoms with Crippen LogP contribution < -0.4 is 5.32 Å². The third-order valence-corrected chi connectivity index (χ3v) is 1.33. The first kappa shape index (κ1) is 10.8. The zero-order valence-electron chi connectivity index (χ0n) is 7.33. The smallest absolute Gasteiger partial charge is 0.292 e. The van der Waals surface area contributed by atoms with E-state index in [0.717, 1.165) is 6.08 Å². The van der Waals surface area contributed by atoms with E-state index in [4.69, 9.17) is 0 Å². The van der Waals surface area contributed by atoms with Crippen LogP contribution in [0.2, 0.25) is 0 Å². The molecule has 4 heteroatoms. The van der Waals surface area contributed by atoms with Crippen LogP contribution >= 0.6 is 0 Å². The second-order valence-electron chi connectivity index (χ2n) is 2.52. The first-order chi connectivity index (χ1) is 5.49. The van der Waals surface area contributed by atoms with Crippen molar-refractivity contribution in [3.63, 3.8) is 0 Å². The molecule has 0 aliphatic heterocycles. The molecule has 0 saturated heterocycles. The Labute approximate surface area is 72.2 Å². The lowest BCUT2D eigenvalue weighted by Crippen LogP contribution is -2.44. The molecule has 0 aromatic rings. The van der Waals surface area contributed by atoms with Gasteiger partial charge in [0.25, 0.3) is 5.91 Å². The van der Waals surface area contributed by atoms with Gasteiger partial charge >= 0.3 is 0 Å². The van der Waals surface area contributed by atoms with Gasteiger partial charge in [0.15, 0.2) is 0 Å². The summed E-state index contributed by atoms with van der Waals surface area (Å²) in [6, 6.07) is 0. The maximum absolute atomic E-state index is 10.9. The molecule has 0 aromatic carbocycles. The van der Waals surface area contributed by atoms with Crippen molar-refractivity contribution in [1.82, 2.24) is 10.2 Å². The number of nitrogens with one attached hydrogen (secondary N) is 1. The fraction of sp³-hybridized carbons (Fsp3) is 0.375. The predicted octanol–water partition coefficient (Wildman–Crippen LogP) is -0.421. The van der Waals surface area contributed by atoms with Crippen LogP contribution in [0.3, 0.4) is 0 Å². The molecular weight excluding hydrogens is 156 g/mol. The van der Waals surface area contributed by atoms with Gasteiger partial charge in [0.05, 0.1) is 6.17 Å². The molecule has 0 bridgehead atoms. The summed E-state index contributed by atoms with van der Waals surface area (Å²) >= 11 is 0. The summed E-state index contributed by atoms with van der Waals surface area (Å²) in [5, 5.41) is 2.39. The van der Waals surface area contributed by atoms with Crippen molar-refractivity contribution in [3.8, 4) is 0 Å². The molecule has 4 nitrogen and oxygen atoms in total. The van der Waals surface area contributed by atoms with Crippen molar-refractivity contribution in [3.05, 3.63) is 19.6 Å². The van der Waals surface area contributed by atoms with E-state index in [0.29, 0.717) is 0 Å². The van der Waals surface area contributed by atoms with E-state index in [1.807, 2.05) is 0 Å². The van der Waals surface area contributed by atoms with E-state index in [1.54, 1.807) is 19.0 Å². The Bertz CT molecular complexity index is 199. The van der Waals surface area contributed by atoms with Crippen LogP contribution in [-0.4, -0.2) is 36.9 Å². The Balaban J connectivity index is 4.01. The second kappa shape index (κ2) is 4.66. The number of ketones is 1. The summed E-state index contributed by atoms with van der Waals surface area (Å²) in [4.78, 5) is 23.3. The lowest BCUT2D eigenvalue weighted by Gasteiger charge is -2.19. The molecule has 1 amide bonds. The van der Waals surface area contributed by atoms with Crippen molar-refractivity contribution in [1.29, 1.82) is 0 Å². The van der Waals surface area contributed by atoms with Crippen molar-refractivity contribution in [2.24, 2.45) is 0 Å². The van der Waals surface area contributed by atoms with Crippen molar-refractivity contribution < 1.29 is 9.59 Å². The van der Waals surface area contributed by atoms with Crippen LogP contribution in [0.1, 0.15) is 0 Å². The largest absolute Gasteiger partial charge is 0.334 e. The van der Waals surface area contributed by atoms with Gasteiger partial charge < -0.3 is 5.32 Å². The Kier molecular flexibility index (Phi) is 4.21. The van der Waals surface area contributed by atoms with Crippen LogP contribution in [-0.2, 0) is 9.59 Å². The highest BCUT2D eigenvalue weighted by Crippen LogP contribution is 1.85. The average molecular weight is 169 g/mol. The van der Waals surface area contributed by atoms with Gasteiger partial charge in [0, 0.05) is 0 Å². The zero-order chi connectivity index (χ0) is 9.72. The number of nitrogens with zero attached hydrogens (tertiary/aromatic N) is 1. The summed E-state index contributed by atoms with van der Waals surface area (Å²) in [7, 11) is 3.49. The lowest BCUT2D eigenvalue weighted by atomic mass is 10.3. The van der Waals surface area contributed by atoms with Crippen LogP contribution in [0.5, 0.6) is 0 Å². The second-order valence-corrected chi connectivity index (χ2v) is 2.52. The summed E-state index contributed by atoms with van der Waals surface area (Å²) in [5.74, 6) is -1.33. The number of carbonyl (C=O) groups excluding carboxylic acids is 2. The van der Waals surface area contributed by atoms with Gasteiger partial charge in [-0.3, -0.25) is 14.5 Å². The number of hydrogen-bond donors (Lipinski definition) is 1. The molecule has 1 unspecified atom stereocenters. The van der Waals surface area contributed by atoms with E-state index in [9.17, 15) is 9.59 Å². The minimum atomic E-state index is -0.682. The highest BCUT2D eigenvalue weighted by molar-refractivity contribution is 6.40. The number of rotatable bonds is 4. The Hall–Kier alpha value is -1.16. The van der Waals surface area contributed by atoms with E-state index in [-0.39, 0.29) is 0 Å². The van der Waals surface area contributed by atoms with Crippen molar-refractivity contribution in [2.75, 3.05) is 14.1 Å². The Morgan fingerprint density at radius 2 is 2.00 bits per heavy atom. The Morgan fingerprint density at radius 3 is 2.33 bits per heavy atom. The maximum Gasteiger partial charge on any atom is 0.292 e. The van der Waals surface area contributed by atoms with Crippen molar-refractivity contribution in [2.45, 2.75) is 6.17 Å². The number of carbonyl (C=O) groups is 2. The fourth-order valence-electron chi connectivity index (χ4n) is 0.444. The first-order valence-electron chi connectivity index (χ1n) is 3.45. The molecule has 0 saturated carbocycles. The van der Waals surface area contributed by atoms with Gasteiger partial charge in [-0.15, -0.1) is 0 Å². The fourth-order valence-corrected chi connectivity index (χ4v) is 0.444. The molecular formula is C8H13N2O2. The minimum Gasteiger partial charge on any atom is -0.334 e. The molecule has 67 valence electrons. The first-order valence-corrected chi connectivity index (χ1v) is 3.45. The standard InChI is InChI=1S/C8H13N2O2/c1-5-7(11)8(12)9-6(2)10(3)4/h5-6H,1-2H2,3-4H3,(H,9,12). The highest BCUT2D eigenvalue weighted by atomic mass is 16.2. The third kappa shape index (κ3) is 3.30. The summed E-state index contributed by atoms with van der Waals surface area (Å²) in [6.45, 7) is 6.79. The van der Waals surface area contributed by atoms with Crippen LogP contribution in [0.4, 0.5) is 0 Å². The molecule has 12 heavy (non-hydrogen) atoms. The molecule has 1 radical (unpaired) electrons. The van der Waals surface area contributed by atoms with Gasteiger partial charge in [0.1, 0.15) is 0 Å².